The predicted octanol–water partition coefficient (Wildman–Crippen LogP) is 4.70. The number of benzene rings is 2. The molecular formula is C26H30F3N3O5. The van der Waals surface area contributed by atoms with Gasteiger partial charge in [0.25, 0.3) is 0 Å². The second-order valence-corrected chi connectivity index (χ2v) is 8.11. The van der Waals surface area contributed by atoms with Gasteiger partial charge in [-0.1, -0.05) is 12.1 Å². The maximum absolute atomic E-state index is 13.4. The van der Waals surface area contributed by atoms with E-state index in [1.807, 2.05) is 6.92 Å². The van der Waals surface area contributed by atoms with Crippen LogP contribution in [0.25, 0.3) is 0 Å². The molecule has 1 atom stereocenters. The van der Waals surface area contributed by atoms with Gasteiger partial charge in [-0.3, -0.25) is 0 Å². The minimum atomic E-state index is -4.53. The molecule has 2 aromatic carbocycles. The maximum atomic E-state index is 13.4. The summed E-state index contributed by atoms with van der Waals surface area (Å²) in [5.74, 6) is 1.12. The van der Waals surface area contributed by atoms with Crippen molar-refractivity contribution in [2.75, 3.05) is 35.0 Å². The normalized spacial score (nSPS) is 16.9. The number of nitrogens with one attached hydrogen (secondary N) is 1. The first-order valence-corrected chi connectivity index (χ1v) is 11.4. The van der Waals surface area contributed by atoms with Gasteiger partial charge in [-0.05, 0) is 49.2 Å². The average molecular weight is 522 g/mol. The maximum Gasteiger partial charge on any atom is 0.416 e. The van der Waals surface area contributed by atoms with Crippen molar-refractivity contribution in [3.8, 4) is 17.2 Å². The van der Waals surface area contributed by atoms with E-state index in [1.165, 1.54) is 40.6 Å². The summed E-state index contributed by atoms with van der Waals surface area (Å²) in [6.07, 6.45) is -4.53. The van der Waals surface area contributed by atoms with Crippen molar-refractivity contribution in [2.24, 2.45) is 4.99 Å². The summed E-state index contributed by atoms with van der Waals surface area (Å²) in [6.45, 7) is 4.22. The lowest BCUT2D eigenvalue weighted by Gasteiger charge is -2.37. The van der Waals surface area contributed by atoms with E-state index in [1.54, 1.807) is 24.0 Å². The van der Waals surface area contributed by atoms with Crippen molar-refractivity contribution in [1.29, 1.82) is 0 Å². The predicted molar refractivity (Wildman–Crippen MR) is 132 cm³/mol. The third-order valence-corrected chi connectivity index (χ3v) is 6.02. The third kappa shape index (κ3) is 5.76. The highest BCUT2D eigenvalue weighted by atomic mass is 19.4. The van der Waals surface area contributed by atoms with Gasteiger partial charge in [0.05, 0.1) is 52.2 Å². The molecule has 0 spiro atoms. The molecule has 1 heterocycles. The zero-order valence-electron chi connectivity index (χ0n) is 21.5. The van der Waals surface area contributed by atoms with Gasteiger partial charge in [0.1, 0.15) is 0 Å². The number of alkyl halides is 3. The van der Waals surface area contributed by atoms with Gasteiger partial charge < -0.3 is 29.2 Å². The summed E-state index contributed by atoms with van der Waals surface area (Å²) in [7, 11) is 5.76. The van der Waals surface area contributed by atoms with Crippen molar-refractivity contribution in [2.45, 2.75) is 32.6 Å². The molecule has 8 nitrogen and oxygen atoms in total. The number of guanidine groups is 1. The standard InChI is InChI=1S/C26H30F3N3O5/c1-7-32-15(2)21(24(33)37-6)22(17-9-8-10-18(13-17)26(27,28)29)31-25(32)30-14-16-11-19(34-3)23(36-5)20(12-16)35-4/h8-13,22H,7,14H2,1-6H3,(H,30,31). The van der Waals surface area contributed by atoms with E-state index in [4.69, 9.17) is 23.9 Å². The molecule has 0 radical (unpaired) electrons. The summed E-state index contributed by atoms with van der Waals surface area (Å²) >= 11 is 0. The Hall–Kier alpha value is -3.89. The van der Waals surface area contributed by atoms with Crippen LogP contribution >= 0.6 is 0 Å². The summed E-state index contributed by atoms with van der Waals surface area (Å²) in [5, 5.41) is 3.16. The molecule has 0 amide bonds. The van der Waals surface area contributed by atoms with Gasteiger partial charge in [0.2, 0.25) is 5.75 Å². The molecule has 1 aliphatic heterocycles. The molecule has 3 rings (SSSR count). The number of hydrogen-bond acceptors (Lipinski definition) is 6. The Labute approximate surface area is 213 Å². The van der Waals surface area contributed by atoms with Crippen LogP contribution in [0.15, 0.2) is 52.7 Å². The minimum absolute atomic E-state index is 0.186. The lowest BCUT2D eigenvalue weighted by atomic mass is 9.93. The van der Waals surface area contributed by atoms with Crippen LogP contribution in [0.5, 0.6) is 17.2 Å². The first kappa shape index (κ1) is 27.7. The van der Waals surface area contributed by atoms with Crippen LogP contribution in [0, 0.1) is 0 Å². The summed E-state index contributed by atoms with van der Waals surface area (Å²) in [4.78, 5) is 19.2. The fourth-order valence-electron chi connectivity index (χ4n) is 4.22. The highest BCUT2D eigenvalue weighted by Crippen LogP contribution is 2.39. The molecular weight excluding hydrogens is 491 g/mol. The Morgan fingerprint density at radius 1 is 1.05 bits per heavy atom. The smallest absolute Gasteiger partial charge is 0.416 e. The number of aliphatic imine (C=N–C) groups is 1. The highest BCUT2D eigenvalue weighted by Gasteiger charge is 2.36. The van der Waals surface area contributed by atoms with Crippen LogP contribution in [-0.2, 0) is 22.3 Å². The van der Waals surface area contributed by atoms with E-state index in [2.05, 4.69) is 5.32 Å². The minimum Gasteiger partial charge on any atom is -0.493 e. The lowest BCUT2D eigenvalue weighted by molar-refractivity contribution is -0.137. The lowest BCUT2D eigenvalue weighted by Crippen LogP contribution is -2.49. The van der Waals surface area contributed by atoms with E-state index in [0.29, 0.717) is 35.4 Å². The summed E-state index contributed by atoms with van der Waals surface area (Å²) in [5.41, 5.74) is 0.916. The third-order valence-electron chi connectivity index (χ3n) is 6.02. The molecule has 0 bridgehead atoms. The summed E-state index contributed by atoms with van der Waals surface area (Å²) in [6, 6.07) is 7.46. The van der Waals surface area contributed by atoms with Crippen molar-refractivity contribution >= 4 is 11.9 Å². The van der Waals surface area contributed by atoms with E-state index < -0.39 is 23.8 Å². The topological polar surface area (TPSA) is 81.6 Å². The number of esters is 1. The van der Waals surface area contributed by atoms with Crippen LogP contribution in [0.4, 0.5) is 13.2 Å². The Balaban J connectivity index is 2.08. The van der Waals surface area contributed by atoms with Crippen molar-refractivity contribution in [3.63, 3.8) is 0 Å². The average Bonchev–Trinajstić information content (AvgIpc) is 2.89. The van der Waals surface area contributed by atoms with Crippen molar-refractivity contribution in [3.05, 3.63) is 64.4 Å². The fourth-order valence-corrected chi connectivity index (χ4v) is 4.22. The van der Waals surface area contributed by atoms with E-state index in [-0.39, 0.29) is 17.7 Å². The number of carbonyl (C=O) groups excluding carboxylic acids is 1. The molecule has 11 heteroatoms. The van der Waals surface area contributed by atoms with Gasteiger partial charge in [-0.2, -0.15) is 13.2 Å². The number of allylic oxidation sites excluding steroid dienone is 1. The first-order valence-electron chi connectivity index (χ1n) is 11.4. The second kappa shape index (κ2) is 11.4. The zero-order valence-corrected chi connectivity index (χ0v) is 21.5. The Bertz CT molecular complexity index is 1190. The molecule has 1 aliphatic rings. The molecule has 2 aromatic rings. The molecule has 1 N–H and O–H groups in total. The monoisotopic (exact) mass is 521 g/mol. The largest absolute Gasteiger partial charge is 0.493 e. The van der Waals surface area contributed by atoms with Crippen LogP contribution < -0.4 is 19.5 Å². The summed E-state index contributed by atoms with van der Waals surface area (Å²) < 4.78 is 61.4. The Morgan fingerprint density at radius 2 is 1.70 bits per heavy atom. The van der Waals surface area contributed by atoms with E-state index in [9.17, 15) is 18.0 Å². The van der Waals surface area contributed by atoms with E-state index >= 15 is 0 Å². The SMILES string of the molecule is CCN1C(=NCc2cc(OC)c(OC)c(OC)c2)NC(c2cccc(C(F)(F)F)c2)C(C(=O)OC)=C1C. The molecule has 37 heavy (non-hydrogen) atoms. The first-order chi connectivity index (χ1) is 17.6. The van der Waals surface area contributed by atoms with Gasteiger partial charge in [0.15, 0.2) is 17.5 Å². The number of carbonyl (C=O) groups is 1. The number of methoxy groups -OCH3 is 4. The number of hydrogen-bond donors (Lipinski definition) is 1. The molecule has 1 unspecified atom stereocenters. The molecule has 0 saturated carbocycles. The van der Waals surface area contributed by atoms with Gasteiger partial charge in [-0.25, -0.2) is 9.79 Å². The van der Waals surface area contributed by atoms with E-state index in [0.717, 1.165) is 17.7 Å². The van der Waals surface area contributed by atoms with Crippen LogP contribution in [0.2, 0.25) is 0 Å². The molecule has 0 aromatic heterocycles. The van der Waals surface area contributed by atoms with Crippen LogP contribution in [0.3, 0.4) is 0 Å². The number of rotatable bonds is 8. The fraction of sp³-hybridized carbons (Fsp3) is 0.385. The number of nitrogens with zero attached hydrogens (tertiary/aromatic N) is 2. The van der Waals surface area contributed by atoms with Gasteiger partial charge in [-0.15, -0.1) is 0 Å². The van der Waals surface area contributed by atoms with Crippen molar-refractivity contribution in [1.82, 2.24) is 10.2 Å². The molecule has 0 saturated heterocycles. The number of halogens is 3. The molecule has 0 aliphatic carbocycles. The van der Waals surface area contributed by atoms with Crippen LogP contribution in [-0.4, -0.2) is 51.8 Å². The van der Waals surface area contributed by atoms with Gasteiger partial charge >= 0.3 is 12.1 Å². The zero-order chi connectivity index (χ0) is 27.3. The Kier molecular flexibility index (Phi) is 8.57. The highest BCUT2D eigenvalue weighted by molar-refractivity contribution is 5.96. The van der Waals surface area contributed by atoms with Crippen LogP contribution in [0.1, 0.15) is 36.6 Å². The Morgan fingerprint density at radius 3 is 2.22 bits per heavy atom. The van der Waals surface area contributed by atoms with Crippen molar-refractivity contribution < 1.29 is 36.9 Å². The molecule has 0 fully saturated rings. The second-order valence-electron chi connectivity index (χ2n) is 8.11. The molecule has 200 valence electrons. The number of ether oxygens (including phenoxy) is 4. The quantitative estimate of drug-likeness (QED) is 0.505. The van der Waals surface area contributed by atoms with Gasteiger partial charge in [0, 0.05) is 12.2 Å².